The van der Waals surface area contributed by atoms with Crippen LogP contribution in [0, 0.1) is 13.8 Å². The van der Waals surface area contributed by atoms with E-state index in [1.165, 1.54) is 0 Å². The summed E-state index contributed by atoms with van der Waals surface area (Å²) in [4.78, 5) is 19.2. The highest BCUT2D eigenvalue weighted by molar-refractivity contribution is 5.98. The van der Waals surface area contributed by atoms with E-state index < -0.39 is 0 Å². The molecule has 0 atom stereocenters. The lowest BCUT2D eigenvalue weighted by Gasteiger charge is -2.06. The Morgan fingerprint density at radius 2 is 1.91 bits per heavy atom. The van der Waals surface area contributed by atoms with Gasteiger partial charge >= 0.3 is 0 Å². The highest BCUT2D eigenvalue weighted by atomic mass is 16.6. The van der Waals surface area contributed by atoms with Gasteiger partial charge in [-0.3, -0.25) is 9.55 Å². The Bertz CT molecular complexity index is 1470. The van der Waals surface area contributed by atoms with Crippen molar-refractivity contribution < 1.29 is 9.57 Å². The Hall–Kier alpha value is -4.27. The Labute approximate surface area is 190 Å². The third-order valence-corrected chi connectivity index (χ3v) is 5.68. The molecule has 5 aromatic rings. The summed E-state index contributed by atoms with van der Waals surface area (Å²) in [5.41, 5.74) is 6.39. The van der Waals surface area contributed by atoms with Crippen molar-refractivity contribution >= 4 is 22.4 Å². The maximum Gasteiger partial charge on any atom is 0.192 e. The van der Waals surface area contributed by atoms with Gasteiger partial charge in [-0.25, -0.2) is 14.5 Å². The van der Waals surface area contributed by atoms with Crippen molar-refractivity contribution in [3.63, 3.8) is 0 Å². The normalized spacial score (nSPS) is 11.9. The fourth-order valence-corrected chi connectivity index (χ4v) is 3.84. The predicted octanol–water partition coefficient (Wildman–Crippen LogP) is 4.03. The number of benzene rings is 1. The van der Waals surface area contributed by atoms with Gasteiger partial charge in [-0.2, -0.15) is 0 Å². The molecule has 0 amide bonds. The van der Waals surface area contributed by atoms with Gasteiger partial charge in [-0.15, -0.1) is 5.10 Å². The summed E-state index contributed by atoms with van der Waals surface area (Å²) in [6, 6.07) is 11.6. The van der Waals surface area contributed by atoms with E-state index in [9.17, 15) is 0 Å². The van der Waals surface area contributed by atoms with E-state index in [-0.39, 0.29) is 6.61 Å². The van der Waals surface area contributed by atoms with Crippen molar-refractivity contribution in [3.05, 3.63) is 77.8 Å². The molecule has 9 nitrogen and oxygen atoms in total. The zero-order chi connectivity index (χ0) is 22.9. The average Bonchev–Trinajstić information content (AvgIpc) is 3.37. The lowest BCUT2D eigenvalue weighted by molar-refractivity contribution is 0.125. The number of fused-ring (bicyclic) bond motifs is 3. The van der Waals surface area contributed by atoms with Crippen molar-refractivity contribution in [1.82, 2.24) is 29.1 Å². The molecular weight excluding hydrogens is 418 g/mol. The minimum atomic E-state index is 0.151. The first-order valence-electron chi connectivity index (χ1n) is 10.5. The Morgan fingerprint density at radius 1 is 1.09 bits per heavy atom. The molecule has 0 unspecified atom stereocenters. The number of ether oxygens (including phenoxy) is 1. The fraction of sp³-hybridized carbons (Fsp3) is 0.208. The second-order valence-electron chi connectivity index (χ2n) is 7.68. The van der Waals surface area contributed by atoms with Gasteiger partial charge in [-0.1, -0.05) is 5.16 Å². The maximum absolute atomic E-state index is 5.55. The second kappa shape index (κ2) is 8.34. The Balaban J connectivity index is 1.44. The van der Waals surface area contributed by atoms with Crippen LogP contribution >= 0.6 is 0 Å². The van der Waals surface area contributed by atoms with Gasteiger partial charge in [0.15, 0.2) is 23.7 Å². The first-order valence-corrected chi connectivity index (χ1v) is 10.5. The van der Waals surface area contributed by atoms with Gasteiger partial charge in [0.2, 0.25) is 0 Å². The molecule has 0 radical (unpaired) electrons. The van der Waals surface area contributed by atoms with Crippen molar-refractivity contribution in [2.45, 2.75) is 27.4 Å². The van der Waals surface area contributed by atoms with Crippen LogP contribution in [0.25, 0.3) is 22.4 Å². The molecule has 0 aliphatic heterocycles. The van der Waals surface area contributed by atoms with Crippen LogP contribution in [-0.2, 0) is 11.4 Å². The minimum absolute atomic E-state index is 0.151. The molecule has 0 spiro atoms. The van der Waals surface area contributed by atoms with Crippen LogP contribution in [0.3, 0.4) is 0 Å². The van der Waals surface area contributed by atoms with Gasteiger partial charge in [0.05, 0.1) is 30.1 Å². The number of rotatable bonds is 6. The van der Waals surface area contributed by atoms with E-state index in [1.807, 2.05) is 49.5 Å². The van der Waals surface area contributed by atoms with Crippen molar-refractivity contribution in [1.29, 1.82) is 0 Å². The molecule has 0 saturated heterocycles. The van der Waals surface area contributed by atoms with Crippen LogP contribution in [0.4, 0.5) is 0 Å². The average molecular weight is 441 g/mol. The molecule has 5 rings (SSSR count). The summed E-state index contributed by atoms with van der Waals surface area (Å²) in [6.07, 6.45) is 5.25. The number of nitrogens with zero attached hydrogens (tertiary/aromatic N) is 7. The van der Waals surface area contributed by atoms with Gasteiger partial charge in [0.1, 0.15) is 12.1 Å². The fourth-order valence-electron chi connectivity index (χ4n) is 3.84. The minimum Gasteiger partial charge on any atom is -0.497 e. The molecule has 4 aromatic heterocycles. The largest absolute Gasteiger partial charge is 0.497 e. The van der Waals surface area contributed by atoms with Crippen LogP contribution in [-0.4, -0.2) is 42.0 Å². The van der Waals surface area contributed by atoms with E-state index in [1.54, 1.807) is 24.1 Å². The summed E-state index contributed by atoms with van der Waals surface area (Å²) < 4.78 is 8.96. The van der Waals surface area contributed by atoms with Gasteiger partial charge < -0.3 is 9.57 Å². The summed E-state index contributed by atoms with van der Waals surface area (Å²) in [5.74, 6) is 1.32. The molecule has 1 aromatic carbocycles. The van der Waals surface area contributed by atoms with E-state index in [0.717, 1.165) is 50.6 Å². The summed E-state index contributed by atoms with van der Waals surface area (Å²) in [5, 5.41) is 9.69. The number of hydrogen-bond donors (Lipinski definition) is 0. The molecule has 166 valence electrons. The van der Waals surface area contributed by atoms with Crippen LogP contribution < -0.4 is 4.74 Å². The third kappa shape index (κ3) is 3.67. The lowest BCUT2D eigenvalue weighted by atomic mass is 10.1. The van der Waals surface area contributed by atoms with Gasteiger partial charge in [0, 0.05) is 11.9 Å². The molecule has 9 heteroatoms. The Morgan fingerprint density at radius 3 is 2.64 bits per heavy atom. The van der Waals surface area contributed by atoms with Crippen LogP contribution in [0.5, 0.6) is 5.75 Å². The molecule has 0 N–H and O–H groups in total. The van der Waals surface area contributed by atoms with Crippen LogP contribution in [0.1, 0.15) is 29.6 Å². The maximum atomic E-state index is 5.55. The zero-order valence-electron chi connectivity index (χ0n) is 18.9. The number of aromatic nitrogens is 6. The van der Waals surface area contributed by atoms with Gasteiger partial charge in [0.25, 0.3) is 0 Å². The Kier molecular flexibility index (Phi) is 5.21. The molecular formula is C24H23N7O2. The molecule has 0 aliphatic carbocycles. The number of oxime groups is 1. The first kappa shape index (κ1) is 20.6. The van der Waals surface area contributed by atoms with Crippen LogP contribution in [0.2, 0.25) is 0 Å². The molecule has 33 heavy (non-hydrogen) atoms. The zero-order valence-corrected chi connectivity index (χ0v) is 18.9. The first-order chi connectivity index (χ1) is 16.1. The lowest BCUT2D eigenvalue weighted by Crippen LogP contribution is -1.99. The monoisotopic (exact) mass is 441 g/mol. The molecule has 0 saturated carbocycles. The predicted molar refractivity (Wildman–Crippen MR) is 125 cm³/mol. The number of methoxy groups -OCH3 is 1. The SMILES string of the molecule is COc1ccc(C(C)=NOCc2nc3c4c(C)c(C)n(-c5cccnc5)c4ncn3n2)cc1. The highest BCUT2D eigenvalue weighted by Crippen LogP contribution is 2.29. The molecule has 4 heterocycles. The summed E-state index contributed by atoms with van der Waals surface area (Å²) >= 11 is 0. The van der Waals surface area contributed by atoms with Gasteiger partial charge in [-0.05, 0) is 68.3 Å². The number of pyridine rings is 1. The topological polar surface area (TPSA) is 91.7 Å². The summed E-state index contributed by atoms with van der Waals surface area (Å²) in [6.45, 7) is 6.18. The van der Waals surface area contributed by atoms with Crippen molar-refractivity contribution in [3.8, 4) is 11.4 Å². The third-order valence-electron chi connectivity index (χ3n) is 5.68. The van der Waals surface area contributed by atoms with E-state index in [2.05, 4.69) is 38.6 Å². The number of aryl methyl sites for hydroxylation is 1. The smallest absolute Gasteiger partial charge is 0.192 e. The second-order valence-corrected chi connectivity index (χ2v) is 7.68. The molecule has 0 aliphatic rings. The molecule has 0 bridgehead atoms. The highest BCUT2D eigenvalue weighted by Gasteiger charge is 2.19. The van der Waals surface area contributed by atoms with E-state index in [0.29, 0.717) is 5.82 Å². The summed E-state index contributed by atoms with van der Waals surface area (Å²) in [7, 11) is 1.64. The quantitative estimate of drug-likeness (QED) is 0.292. The van der Waals surface area contributed by atoms with Crippen molar-refractivity contribution in [2.24, 2.45) is 5.16 Å². The van der Waals surface area contributed by atoms with Crippen LogP contribution in [0.15, 0.2) is 60.3 Å². The standard InChI is InChI=1S/C24H23N7O2/c1-15-17(3)31(19-6-5-11-25-12-19)23-22(15)24-27-21(28-30(24)14-26-23)13-33-29-16(2)18-7-9-20(32-4)10-8-18/h5-12,14H,13H2,1-4H3. The van der Waals surface area contributed by atoms with Crippen molar-refractivity contribution in [2.75, 3.05) is 7.11 Å². The molecule has 0 fully saturated rings. The van der Waals surface area contributed by atoms with E-state index in [4.69, 9.17) is 14.6 Å². The number of hydrogen-bond acceptors (Lipinski definition) is 7. The van der Waals surface area contributed by atoms with E-state index >= 15 is 0 Å².